The molecule has 0 saturated carbocycles. The van der Waals surface area contributed by atoms with Crippen LogP contribution < -0.4 is 4.46 Å². The van der Waals surface area contributed by atoms with Crippen LogP contribution in [0.1, 0.15) is 36.0 Å². The van der Waals surface area contributed by atoms with E-state index < -0.39 is 0 Å². The van der Waals surface area contributed by atoms with E-state index in [4.69, 9.17) is 0 Å². The van der Waals surface area contributed by atoms with Gasteiger partial charge in [0.05, 0.1) is 0 Å². The van der Waals surface area contributed by atoms with Crippen molar-refractivity contribution < 1.29 is 0 Å². The van der Waals surface area contributed by atoms with Crippen molar-refractivity contribution in [2.75, 3.05) is 0 Å². The van der Waals surface area contributed by atoms with Crippen LogP contribution in [0.2, 0.25) is 5.32 Å². The second kappa shape index (κ2) is 4.51. The summed E-state index contributed by atoms with van der Waals surface area (Å²) < 4.78 is 1.65. The Kier molecular flexibility index (Phi) is 2.79. The fourth-order valence-corrected chi connectivity index (χ4v) is 6.57. The van der Waals surface area contributed by atoms with Crippen molar-refractivity contribution in [2.24, 2.45) is 0 Å². The average molecular weight is 313 g/mol. The number of aryl methyl sites for hydroxylation is 1. The second-order valence-corrected chi connectivity index (χ2v) is 8.07. The van der Waals surface area contributed by atoms with Crippen LogP contribution >= 0.6 is 0 Å². The summed E-state index contributed by atoms with van der Waals surface area (Å²) in [7, 11) is 0. The summed E-state index contributed by atoms with van der Waals surface area (Å²) in [6.45, 7) is 0. The Bertz CT molecular complexity index is 559. The second-order valence-electron chi connectivity index (χ2n) is 5.69. The molecular formula is C18H18Se. The van der Waals surface area contributed by atoms with E-state index in [1.54, 1.807) is 21.2 Å². The zero-order chi connectivity index (χ0) is 12.7. The Morgan fingerprint density at radius 3 is 2.58 bits per heavy atom. The van der Waals surface area contributed by atoms with E-state index in [2.05, 4.69) is 48.5 Å². The van der Waals surface area contributed by atoms with Gasteiger partial charge in [0.2, 0.25) is 0 Å². The first kappa shape index (κ1) is 11.8. The van der Waals surface area contributed by atoms with E-state index in [0.29, 0.717) is 20.4 Å². The van der Waals surface area contributed by atoms with Gasteiger partial charge in [-0.3, -0.25) is 0 Å². The summed E-state index contributed by atoms with van der Waals surface area (Å²) in [5.74, 6) is 0. The van der Waals surface area contributed by atoms with Gasteiger partial charge in [-0.25, -0.2) is 0 Å². The Morgan fingerprint density at radius 2 is 1.63 bits per heavy atom. The van der Waals surface area contributed by atoms with Crippen molar-refractivity contribution in [2.45, 2.75) is 36.4 Å². The molecule has 2 aliphatic rings. The molecule has 1 atom stereocenters. The van der Waals surface area contributed by atoms with E-state index in [0.717, 1.165) is 0 Å². The van der Waals surface area contributed by atoms with Crippen molar-refractivity contribution >= 4 is 19.4 Å². The molecule has 4 rings (SSSR count). The molecule has 2 aromatic carbocycles. The summed E-state index contributed by atoms with van der Waals surface area (Å²) in [5.41, 5.74) is 5.21. The summed E-state index contributed by atoms with van der Waals surface area (Å²) in [6.07, 6.45) is 5.32. The third-order valence-corrected chi connectivity index (χ3v) is 7.03. The minimum absolute atomic E-state index is 0.339. The third-order valence-electron chi connectivity index (χ3n) is 4.77. The fourth-order valence-electron chi connectivity index (χ4n) is 3.92. The molecule has 1 heteroatoms. The van der Waals surface area contributed by atoms with Crippen LogP contribution in [0.15, 0.2) is 48.5 Å². The molecule has 0 radical (unpaired) electrons. The van der Waals surface area contributed by atoms with Crippen LogP contribution in [0.25, 0.3) is 0 Å². The van der Waals surface area contributed by atoms with E-state index >= 15 is 0 Å². The predicted molar refractivity (Wildman–Crippen MR) is 81.4 cm³/mol. The molecule has 1 spiro atoms. The van der Waals surface area contributed by atoms with Gasteiger partial charge in [0.25, 0.3) is 0 Å². The summed E-state index contributed by atoms with van der Waals surface area (Å²) >= 11 is 0.689. The Morgan fingerprint density at radius 1 is 0.842 bits per heavy atom. The van der Waals surface area contributed by atoms with E-state index in [1.165, 1.54) is 31.0 Å². The molecule has 1 aliphatic carbocycles. The Balaban J connectivity index is 1.97. The number of fused-ring (bicyclic) bond motifs is 4. The molecule has 1 aliphatic heterocycles. The zero-order valence-corrected chi connectivity index (χ0v) is 12.8. The quantitative estimate of drug-likeness (QED) is 0.654. The van der Waals surface area contributed by atoms with Crippen LogP contribution in [0.3, 0.4) is 0 Å². The molecule has 96 valence electrons. The first-order valence-corrected chi connectivity index (χ1v) is 9.28. The number of hydrogen-bond acceptors (Lipinski definition) is 0. The molecule has 0 bridgehead atoms. The van der Waals surface area contributed by atoms with Gasteiger partial charge in [0.1, 0.15) is 0 Å². The third kappa shape index (κ3) is 1.72. The maximum atomic E-state index is 2.40. The van der Waals surface area contributed by atoms with Gasteiger partial charge in [-0.05, 0) is 0 Å². The topological polar surface area (TPSA) is 0 Å². The Hall–Kier alpha value is -1.04. The van der Waals surface area contributed by atoms with Crippen molar-refractivity contribution in [3.8, 4) is 0 Å². The normalized spacial score (nSPS) is 24.8. The summed E-state index contributed by atoms with van der Waals surface area (Å²) in [5, 5.41) is 1.40. The summed E-state index contributed by atoms with van der Waals surface area (Å²) in [4.78, 5) is 0. The molecule has 0 fully saturated rings. The monoisotopic (exact) mass is 314 g/mol. The van der Waals surface area contributed by atoms with Crippen LogP contribution in [0.5, 0.6) is 0 Å². The van der Waals surface area contributed by atoms with E-state index in [-0.39, 0.29) is 0 Å². The Labute approximate surface area is 121 Å². The fraction of sp³-hybridized carbons (Fsp3) is 0.333. The van der Waals surface area contributed by atoms with Crippen LogP contribution in [-0.4, -0.2) is 15.0 Å². The molecule has 0 N–H and O–H groups in total. The first-order chi connectivity index (χ1) is 9.40. The van der Waals surface area contributed by atoms with Gasteiger partial charge < -0.3 is 0 Å². The number of benzene rings is 2. The van der Waals surface area contributed by atoms with E-state index in [9.17, 15) is 0 Å². The molecule has 0 aromatic heterocycles. The van der Waals surface area contributed by atoms with Crippen LogP contribution in [0, 0.1) is 0 Å². The zero-order valence-electron chi connectivity index (χ0n) is 11.1. The minimum atomic E-state index is 0.339. The molecule has 0 saturated heterocycles. The van der Waals surface area contributed by atoms with Crippen molar-refractivity contribution in [1.82, 2.24) is 0 Å². The number of rotatable bonds is 0. The molecule has 1 heterocycles. The van der Waals surface area contributed by atoms with Gasteiger partial charge in [-0.2, -0.15) is 0 Å². The molecule has 1 unspecified atom stereocenters. The summed E-state index contributed by atoms with van der Waals surface area (Å²) in [6, 6.07) is 18.4. The molecule has 0 amide bonds. The SMILES string of the molecule is c1ccc2c(c1)CCCC21CC[Se]c2ccccc21. The van der Waals surface area contributed by atoms with Crippen LogP contribution in [-0.2, 0) is 11.8 Å². The van der Waals surface area contributed by atoms with Crippen LogP contribution in [0.4, 0.5) is 0 Å². The van der Waals surface area contributed by atoms with Crippen molar-refractivity contribution in [3.05, 3.63) is 65.2 Å². The van der Waals surface area contributed by atoms with Gasteiger partial charge >= 0.3 is 121 Å². The van der Waals surface area contributed by atoms with Gasteiger partial charge in [-0.15, -0.1) is 0 Å². The van der Waals surface area contributed by atoms with E-state index in [1.807, 2.05) is 0 Å². The number of hydrogen-bond donors (Lipinski definition) is 0. The molecular weight excluding hydrogens is 295 g/mol. The van der Waals surface area contributed by atoms with Gasteiger partial charge in [-0.1, -0.05) is 0 Å². The average Bonchev–Trinajstić information content (AvgIpc) is 2.48. The molecule has 19 heavy (non-hydrogen) atoms. The standard InChI is InChI=1S/C18H18Se/c1-2-8-15-14(6-1)7-5-11-18(15)12-13-19-17-10-4-3-9-16(17)18/h1-4,6,8-10H,5,7,11-13H2. The van der Waals surface area contributed by atoms with Crippen molar-refractivity contribution in [3.63, 3.8) is 0 Å². The maximum absolute atomic E-state index is 2.40. The molecule has 2 aromatic rings. The van der Waals surface area contributed by atoms with Crippen molar-refractivity contribution in [1.29, 1.82) is 0 Å². The predicted octanol–water partition coefficient (Wildman–Crippen LogP) is 3.46. The van der Waals surface area contributed by atoms with Gasteiger partial charge in [0, 0.05) is 0 Å². The molecule has 0 nitrogen and oxygen atoms in total. The first-order valence-electron chi connectivity index (χ1n) is 7.21. The van der Waals surface area contributed by atoms with Gasteiger partial charge in [0.15, 0.2) is 0 Å².